The van der Waals surface area contributed by atoms with Crippen LogP contribution in [0.5, 0.6) is 0 Å². The van der Waals surface area contributed by atoms with Gasteiger partial charge in [0, 0.05) is 45.7 Å². The predicted molar refractivity (Wildman–Crippen MR) is 83.4 cm³/mol. The van der Waals surface area contributed by atoms with Crippen LogP contribution in [0.4, 0.5) is 138 Å². The van der Waals surface area contributed by atoms with E-state index in [1.807, 2.05) is 0 Å². The summed E-state index contributed by atoms with van der Waals surface area (Å²) in [4.78, 5) is 9.36. The molecule has 0 aliphatic rings. The monoisotopic (exact) mass is 838 g/mol. The second kappa shape index (κ2) is 24.5. The molecule has 0 bridgehead atoms. The maximum atomic E-state index is 13.3. The molecule has 0 aliphatic heterocycles. The molecular formula is C11H5F31O5S. The molecule has 1 unspecified atom stereocenters. The molecule has 48 heavy (non-hydrogen) atoms. The summed E-state index contributed by atoms with van der Waals surface area (Å²) in [5.41, 5.74) is -5.56. The van der Waals surface area contributed by atoms with Gasteiger partial charge < -0.3 is 4.74 Å². The van der Waals surface area contributed by atoms with Crippen LogP contribution in [0.3, 0.4) is 0 Å². The number of alkyl halides is 19. The van der Waals surface area contributed by atoms with Crippen molar-refractivity contribution in [2.24, 2.45) is 0 Å². The van der Waals surface area contributed by atoms with Gasteiger partial charge in [0.1, 0.15) is 12.4 Å². The Kier molecular flexibility index (Phi) is 32.6. The van der Waals surface area contributed by atoms with E-state index in [1.54, 1.807) is 0 Å². The van der Waals surface area contributed by atoms with Gasteiger partial charge >= 0.3 is 54.1 Å². The van der Waals surface area contributed by atoms with Gasteiger partial charge in [0.05, 0.1) is 0 Å². The average molecular weight is 838 g/mol. The van der Waals surface area contributed by atoms with Gasteiger partial charge in [0.15, 0.2) is 0 Å². The Balaban J connectivity index is -0.000000101. The van der Waals surface area contributed by atoms with E-state index in [1.165, 1.54) is 4.74 Å². The lowest BCUT2D eigenvalue weighted by molar-refractivity contribution is -0.535. The van der Waals surface area contributed by atoms with Gasteiger partial charge in [0.25, 0.3) is 9.84 Å². The molecule has 0 aromatic heterocycles. The van der Waals surface area contributed by atoms with Crippen molar-refractivity contribution in [2.75, 3.05) is 12.4 Å². The predicted octanol–water partition coefficient (Wildman–Crippen LogP) is 9.96. The first kappa shape index (κ1) is 64.0. The van der Waals surface area contributed by atoms with Crippen LogP contribution in [0.1, 0.15) is 0 Å². The molecule has 0 aliphatic carbocycles. The van der Waals surface area contributed by atoms with Crippen molar-refractivity contribution in [3.8, 4) is 0 Å². The molecule has 0 radical (unpaired) electrons. The van der Waals surface area contributed by atoms with Crippen LogP contribution >= 0.6 is 0 Å². The lowest BCUT2D eigenvalue weighted by Crippen LogP contribution is -2.65. The highest BCUT2D eigenvalue weighted by molar-refractivity contribution is 7.92. The van der Waals surface area contributed by atoms with Crippen LogP contribution in [0.2, 0.25) is 0 Å². The summed E-state index contributed by atoms with van der Waals surface area (Å²) in [5.74, 6) is -17.3. The highest BCUT2D eigenvalue weighted by atomic mass is 32.2. The summed E-state index contributed by atoms with van der Waals surface area (Å²) in [6, 6.07) is -2.53. The first-order valence-electron chi connectivity index (χ1n) is 8.13. The van der Waals surface area contributed by atoms with Gasteiger partial charge in [-0.1, -0.05) is 0 Å². The second-order valence-corrected chi connectivity index (χ2v) is 7.75. The van der Waals surface area contributed by atoms with Crippen molar-refractivity contribution in [1.82, 2.24) is 0 Å². The molecule has 0 heterocycles. The first-order valence-corrected chi connectivity index (χ1v) is 9.78. The number of halogens is 31. The smallest absolute Gasteiger partial charge is 0.306 e. The molecule has 0 aromatic rings. The van der Waals surface area contributed by atoms with Crippen LogP contribution in [0.25, 0.3) is 0 Å². The van der Waals surface area contributed by atoms with E-state index in [4.69, 9.17) is 45.7 Å². The molecule has 0 aromatic carbocycles. The quantitative estimate of drug-likeness (QED) is 0.180. The largest absolute Gasteiger partial charge is 0.497 e. The topological polar surface area (TPSA) is 69.7 Å². The molecule has 0 saturated carbocycles. The fraction of sp³-hybridized carbons (Fsp3) is 0.909. The summed E-state index contributed by atoms with van der Waals surface area (Å²) < 4.78 is 344. The van der Waals surface area contributed by atoms with Crippen LogP contribution < -0.4 is 0 Å². The Hall–Kier alpha value is -2.63. The molecular weight excluding hydrogens is 833 g/mol. The van der Waals surface area contributed by atoms with Gasteiger partial charge in [-0.2, -0.15) is 87.8 Å². The van der Waals surface area contributed by atoms with Crippen LogP contribution in [0, 0.1) is 0 Å². The van der Waals surface area contributed by atoms with Crippen LogP contribution in [-0.2, 0) is 24.1 Å². The van der Waals surface area contributed by atoms with Crippen molar-refractivity contribution < 1.29 is 161 Å². The summed E-state index contributed by atoms with van der Waals surface area (Å²) in [5, 5.41) is 0. The summed E-state index contributed by atoms with van der Waals surface area (Å²) in [6.45, 7) is -3.44. The van der Waals surface area contributed by atoms with Crippen molar-refractivity contribution in [3.63, 3.8) is 0 Å². The minimum absolute atomic E-state index is 0. The van der Waals surface area contributed by atoms with E-state index in [0.717, 1.165) is 0 Å². The molecule has 0 N–H and O–H groups in total. The van der Waals surface area contributed by atoms with Gasteiger partial charge in [-0.15, -0.1) is 0 Å². The average Bonchev–Trinajstić information content (AvgIpc) is 2.90. The Bertz CT molecular complexity index is 889. The third kappa shape index (κ3) is 21.4. The summed E-state index contributed by atoms with van der Waals surface area (Å²) in [6.07, 6.45) is -35.6. The maximum Gasteiger partial charge on any atom is 0.497 e. The molecule has 302 valence electrons. The highest BCUT2D eigenvalue weighted by Crippen LogP contribution is 2.55. The number of hydrogen-bond acceptors (Lipinski definition) is 5. The van der Waals surface area contributed by atoms with Crippen LogP contribution in [0.15, 0.2) is 0 Å². The zero-order chi connectivity index (χ0) is 40.9. The standard InChI is InChI=1S/C8H2F16O2.C3H2F4O3S.5F2.FH/c9-2(10,11)1-25-8(23,24)4(14,6(18,19)20)26-7(21,22)3(12,13)5(15,16)17;4-2(8)1-11(9,10)3(5,6)7;5*1-2;/h1H2;1H2;;;;;;1H. The molecule has 0 amide bonds. The van der Waals surface area contributed by atoms with E-state index in [-0.39, 0.29) is 4.70 Å². The Morgan fingerprint density at radius 2 is 0.812 bits per heavy atom. The fourth-order valence-corrected chi connectivity index (χ4v) is 1.65. The summed E-state index contributed by atoms with van der Waals surface area (Å²) >= 11 is 0. The lowest BCUT2D eigenvalue weighted by atomic mass is 10.2. The van der Waals surface area contributed by atoms with Gasteiger partial charge in [-0.05, 0) is 0 Å². The van der Waals surface area contributed by atoms with Crippen LogP contribution in [-0.4, -0.2) is 74.8 Å². The van der Waals surface area contributed by atoms with E-state index < -0.39 is 76.3 Å². The Morgan fingerprint density at radius 1 is 0.521 bits per heavy atom. The molecule has 0 rings (SSSR count). The first-order chi connectivity index (χ1) is 20.6. The van der Waals surface area contributed by atoms with Gasteiger partial charge in [0.2, 0.25) is 0 Å². The van der Waals surface area contributed by atoms with E-state index in [9.17, 15) is 101 Å². The number of carbonyl (C=O) groups excluding carboxylic acids is 1. The second-order valence-electron chi connectivity index (χ2n) is 5.76. The molecule has 0 saturated heterocycles. The molecule has 5 nitrogen and oxygen atoms in total. The number of ether oxygens (including phenoxy) is 2. The number of carbonyl (C=O) groups is 1. The SMILES string of the molecule is F.FC(F)(F)COC(F)(F)C(F)(OC(F)(F)C(F)(F)C(F)(F)F)C(F)(F)F.FF.FF.FF.FF.FF.O=C(F)CS(=O)(=O)C(F)(F)F. The maximum absolute atomic E-state index is 13.3. The van der Waals surface area contributed by atoms with Gasteiger partial charge in [-0.25, -0.2) is 8.42 Å². The molecule has 1 atom stereocenters. The number of hydrogen-bond donors (Lipinski definition) is 0. The van der Waals surface area contributed by atoms with E-state index in [0.29, 0.717) is 0 Å². The third-order valence-electron chi connectivity index (χ3n) is 2.80. The minimum Gasteiger partial charge on any atom is -0.306 e. The molecule has 0 spiro atoms. The Morgan fingerprint density at radius 3 is 0.979 bits per heavy atom. The lowest BCUT2D eigenvalue weighted by Gasteiger charge is -2.38. The van der Waals surface area contributed by atoms with Crippen molar-refractivity contribution in [2.45, 2.75) is 48.0 Å². The summed E-state index contributed by atoms with van der Waals surface area (Å²) in [7, 11) is -5.62. The van der Waals surface area contributed by atoms with E-state index in [2.05, 4.69) is 4.74 Å². The molecule has 37 heteroatoms. The Labute approximate surface area is 238 Å². The van der Waals surface area contributed by atoms with Crippen molar-refractivity contribution >= 4 is 15.9 Å². The zero-order valence-electron chi connectivity index (χ0n) is 20.1. The third-order valence-corrected chi connectivity index (χ3v) is 4.11. The zero-order valence-corrected chi connectivity index (χ0v) is 20.9. The normalized spacial score (nSPS) is 13.4. The van der Waals surface area contributed by atoms with Gasteiger partial charge in [-0.3, -0.25) is 14.2 Å². The highest BCUT2D eigenvalue weighted by Gasteiger charge is 2.83. The van der Waals surface area contributed by atoms with E-state index >= 15 is 0 Å². The molecule has 0 fully saturated rings. The number of sulfone groups is 1. The minimum atomic E-state index is -7.65. The fourth-order valence-electron chi connectivity index (χ4n) is 1.18. The van der Waals surface area contributed by atoms with Crippen molar-refractivity contribution in [3.05, 3.63) is 0 Å². The number of rotatable bonds is 8. The van der Waals surface area contributed by atoms with Crippen molar-refractivity contribution in [1.29, 1.82) is 0 Å².